The minimum Gasteiger partial charge on any atom is -0.379 e. The summed E-state index contributed by atoms with van der Waals surface area (Å²) in [5.74, 6) is 0. The second-order valence-electron chi connectivity index (χ2n) is 4.25. The Morgan fingerprint density at radius 1 is 1.56 bits per heavy atom. The second kappa shape index (κ2) is 4.95. The molecule has 0 bridgehead atoms. The highest BCUT2D eigenvalue weighted by Gasteiger charge is 2.16. The number of aromatic nitrogens is 1. The van der Waals surface area contributed by atoms with Crippen LogP contribution in [0.15, 0.2) is 23.1 Å². The van der Waals surface area contributed by atoms with Crippen molar-refractivity contribution in [3.8, 4) is 6.07 Å². The number of aryl methyl sites for hydroxylation is 1. The Morgan fingerprint density at radius 2 is 2.25 bits per heavy atom. The summed E-state index contributed by atoms with van der Waals surface area (Å²) in [4.78, 5) is 11.7. The topological polar surface area (TPSA) is 55.0 Å². The van der Waals surface area contributed by atoms with Crippen LogP contribution in [-0.2, 0) is 11.3 Å². The van der Waals surface area contributed by atoms with Gasteiger partial charge in [-0.05, 0) is 32.4 Å². The summed E-state index contributed by atoms with van der Waals surface area (Å²) in [6.45, 7) is 4.48. The summed E-state index contributed by atoms with van der Waals surface area (Å²) in [7, 11) is 1.65. The Kier molecular flexibility index (Phi) is 3.86. The van der Waals surface area contributed by atoms with E-state index in [1.165, 1.54) is 6.07 Å². The van der Waals surface area contributed by atoms with E-state index in [2.05, 4.69) is 0 Å². The molecule has 0 amide bonds. The van der Waals surface area contributed by atoms with Gasteiger partial charge in [0, 0.05) is 19.9 Å². The maximum atomic E-state index is 11.7. The van der Waals surface area contributed by atoms with E-state index in [0.717, 1.165) is 6.42 Å². The summed E-state index contributed by atoms with van der Waals surface area (Å²) in [6.07, 6.45) is 2.41. The maximum absolute atomic E-state index is 11.7. The lowest BCUT2D eigenvalue weighted by molar-refractivity contribution is 0.0118. The first-order chi connectivity index (χ1) is 7.50. The molecule has 16 heavy (non-hydrogen) atoms. The molecule has 1 aromatic heterocycles. The predicted molar refractivity (Wildman–Crippen MR) is 61.1 cm³/mol. The van der Waals surface area contributed by atoms with Gasteiger partial charge in [-0.25, -0.2) is 0 Å². The largest absolute Gasteiger partial charge is 0.379 e. The zero-order chi connectivity index (χ0) is 12.2. The lowest BCUT2D eigenvalue weighted by atomic mass is 10.1. The fourth-order valence-electron chi connectivity index (χ4n) is 1.29. The fraction of sp³-hybridized carbons (Fsp3) is 0.500. The Balaban J connectivity index is 2.84. The molecular weight excluding hydrogens is 204 g/mol. The molecule has 1 rings (SSSR count). The summed E-state index contributed by atoms with van der Waals surface area (Å²) in [5, 5.41) is 8.73. The number of hydrogen-bond acceptors (Lipinski definition) is 3. The molecule has 0 aliphatic heterocycles. The van der Waals surface area contributed by atoms with Gasteiger partial charge in [-0.1, -0.05) is 0 Å². The van der Waals surface area contributed by atoms with E-state index in [-0.39, 0.29) is 16.7 Å². The first kappa shape index (κ1) is 12.5. The van der Waals surface area contributed by atoms with Gasteiger partial charge in [0.2, 0.25) is 0 Å². The molecule has 0 aromatic carbocycles. The molecule has 0 unspecified atom stereocenters. The quantitative estimate of drug-likeness (QED) is 0.773. The lowest BCUT2D eigenvalue weighted by Gasteiger charge is -2.23. The second-order valence-corrected chi connectivity index (χ2v) is 4.25. The molecule has 1 heterocycles. The molecule has 86 valence electrons. The molecule has 0 radical (unpaired) electrons. The lowest BCUT2D eigenvalue weighted by Crippen LogP contribution is -2.28. The van der Waals surface area contributed by atoms with E-state index in [1.807, 2.05) is 19.9 Å². The van der Waals surface area contributed by atoms with Crippen molar-refractivity contribution in [1.29, 1.82) is 5.26 Å². The molecule has 4 heteroatoms. The number of pyridine rings is 1. The Morgan fingerprint density at radius 3 is 2.81 bits per heavy atom. The highest BCUT2D eigenvalue weighted by Crippen LogP contribution is 2.13. The van der Waals surface area contributed by atoms with Crippen molar-refractivity contribution < 1.29 is 4.74 Å². The van der Waals surface area contributed by atoms with Crippen LogP contribution in [-0.4, -0.2) is 17.3 Å². The Bertz CT molecular complexity index is 455. The minimum atomic E-state index is -0.262. The number of methoxy groups -OCH3 is 1. The SMILES string of the molecule is COC(C)(C)CCn1cccc(C#N)c1=O. The molecule has 0 N–H and O–H groups in total. The predicted octanol–water partition coefficient (Wildman–Crippen LogP) is 1.54. The normalized spacial score (nSPS) is 11.1. The smallest absolute Gasteiger partial charge is 0.268 e. The third kappa shape index (κ3) is 2.94. The monoisotopic (exact) mass is 220 g/mol. The van der Waals surface area contributed by atoms with E-state index in [9.17, 15) is 4.79 Å². The minimum absolute atomic E-state index is 0.178. The van der Waals surface area contributed by atoms with Gasteiger partial charge < -0.3 is 9.30 Å². The number of hydrogen-bond donors (Lipinski definition) is 0. The fourth-order valence-corrected chi connectivity index (χ4v) is 1.29. The molecule has 0 aliphatic carbocycles. The molecule has 1 aromatic rings. The molecular formula is C12H16N2O2. The van der Waals surface area contributed by atoms with E-state index >= 15 is 0 Å². The van der Waals surface area contributed by atoms with Crippen LogP contribution in [0.3, 0.4) is 0 Å². The van der Waals surface area contributed by atoms with E-state index in [0.29, 0.717) is 6.54 Å². The molecule has 0 saturated heterocycles. The number of nitriles is 1. The van der Waals surface area contributed by atoms with Crippen molar-refractivity contribution in [2.45, 2.75) is 32.4 Å². The van der Waals surface area contributed by atoms with E-state index in [1.54, 1.807) is 23.9 Å². The van der Waals surface area contributed by atoms with Gasteiger partial charge in [-0.2, -0.15) is 5.26 Å². The Hall–Kier alpha value is -1.60. The molecule has 0 saturated carbocycles. The van der Waals surface area contributed by atoms with Crippen molar-refractivity contribution in [1.82, 2.24) is 4.57 Å². The number of ether oxygens (including phenoxy) is 1. The molecule has 0 spiro atoms. The van der Waals surface area contributed by atoms with Crippen LogP contribution in [0, 0.1) is 11.3 Å². The van der Waals surface area contributed by atoms with Gasteiger partial charge in [0.15, 0.2) is 0 Å². The number of rotatable bonds is 4. The summed E-state index contributed by atoms with van der Waals surface area (Å²) in [5.41, 5.74) is -0.322. The van der Waals surface area contributed by atoms with Crippen LogP contribution in [0.5, 0.6) is 0 Å². The van der Waals surface area contributed by atoms with Gasteiger partial charge in [0.05, 0.1) is 5.60 Å². The van der Waals surface area contributed by atoms with Crippen LogP contribution in [0.1, 0.15) is 25.8 Å². The van der Waals surface area contributed by atoms with Crippen molar-refractivity contribution >= 4 is 0 Å². The maximum Gasteiger partial charge on any atom is 0.268 e. The van der Waals surface area contributed by atoms with Crippen molar-refractivity contribution in [3.63, 3.8) is 0 Å². The molecule has 4 nitrogen and oxygen atoms in total. The molecule has 0 atom stereocenters. The highest BCUT2D eigenvalue weighted by molar-refractivity contribution is 5.24. The zero-order valence-electron chi connectivity index (χ0n) is 9.86. The van der Waals surface area contributed by atoms with Gasteiger partial charge in [0.25, 0.3) is 5.56 Å². The first-order valence-corrected chi connectivity index (χ1v) is 5.15. The summed E-state index contributed by atoms with van der Waals surface area (Å²) < 4.78 is 6.82. The number of nitrogens with zero attached hydrogens (tertiary/aromatic N) is 2. The van der Waals surface area contributed by atoms with Crippen LogP contribution in [0.4, 0.5) is 0 Å². The standard InChI is InChI=1S/C12H16N2O2/c1-12(2,16-3)6-8-14-7-4-5-10(9-13)11(14)15/h4-5,7H,6,8H2,1-3H3. The van der Waals surface area contributed by atoms with Crippen molar-refractivity contribution in [2.24, 2.45) is 0 Å². The first-order valence-electron chi connectivity index (χ1n) is 5.15. The summed E-state index contributed by atoms with van der Waals surface area (Å²) >= 11 is 0. The summed E-state index contributed by atoms with van der Waals surface area (Å²) in [6, 6.07) is 5.12. The third-order valence-electron chi connectivity index (χ3n) is 2.65. The van der Waals surface area contributed by atoms with Crippen LogP contribution in [0.25, 0.3) is 0 Å². The van der Waals surface area contributed by atoms with E-state index < -0.39 is 0 Å². The van der Waals surface area contributed by atoms with Gasteiger partial charge >= 0.3 is 0 Å². The molecule has 0 aliphatic rings. The van der Waals surface area contributed by atoms with Gasteiger partial charge in [-0.3, -0.25) is 4.79 Å². The van der Waals surface area contributed by atoms with Crippen LogP contribution >= 0.6 is 0 Å². The Labute approximate surface area is 95.1 Å². The van der Waals surface area contributed by atoms with Gasteiger partial charge in [0.1, 0.15) is 11.6 Å². The average Bonchev–Trinajstić information content (AvgIpc) is 2.28. The molecule has 0 fully saturated rings. The van der Waals surface area contributed by atoms with Crippen LogP contribution < -0.4 is 5.56 Å². The zero-order valence-corrected chi connectivity index (χ0v) is 9.86. The van der Waals surface area contributed by atoms with Crippen molar-refractivity contribution in [2.75, 3.05) is 7.11 Å². The van der Waals surface area contributed by atoms with E-state index in [4.69, 9.17) is 10.00 Å². The van der Waals surface area contributed by atoms with Gasteiger partial charge in [-0.15, -0.1) is 0 Å². The van der Waals surface area contributed by atoms with Crippen molar-refractivity contribution in [3.05, 3.63) is 34.2 Å². The third-order valence-corrected chi connectivity index (χ3v) is 2.65. The average molecular weight is 220 g/mol. The highest BCUT2D eigenvalue weighted by atomic mass is 16.5. The van der Waals surface area contributed by atoms with Crippen LogP contribution in [0.2, 0.25) is 0 Å².